The van der Waals surface area contributed by atoms with Crippen LogP contribution >= 0.6 is 11.8 Å². The summed E-state index contributed by atoms with van der Waals surface area (Å²) in [6.45, 7) is 0.0288. The number of carbonyl (C=O) groups excluding carboxylic acids is 2. The number of hydrogen-bond acceptors (Lipinski definition) is 5. The van der Waals surface area contributed by atoms with Gasteiger partial charge in [0.2, 0.25) is 5.91 Å². The Kier molecular flexibility index (Phi) is 5.56. The van der Waals surface area contributed by atoms with Gasteiger partial charge in [-0.15, -0.1) is 0 Å². The minimum absolute atomic E-state index is 0.0288. The average molecular weight is 385 g/mol. The summed E-state index contributed by atoms with van der Waals surface area (Å²) in [7, 11) is 0. The molecule has 27 heavy (non-hydrogen) atoms. The Balaban J connectivity index is 1.79. The van der Waals surface area contributed by atoms with Gasteiger partial charge in [-0.25, -0.2) is 14.2 Å². The second-order valence-corrected chi connectivity index (χ2v) is 6.35. The number of nitrogens with zero attached hydrogens (tertiary/aromatic N) is 2. The first-order valence-corrected chi connectivity index (χ1v) is 9.15. The Labute approximate surface area is 159 Å². The molecule has 1 aromatic heterocycles. The van der Waals surface area contributed by atoms with Gasteiger partial charge >= 0.3 is 5.97 Å². The van der Waals surface area contributed by atoms with Crippen LogP contribution in [0.2, 0.25) is 0 Å². The zero-order chi connectivity index (χ0) is 19.4. The number of nitrogens with two attached hydrogens (primary N) is 1. The van der Waals surface area contributed by atoms with Gasteiger partial charge in [-0.2, -0.15) is 0 Å². The lowest BCUT2D eigenvalue weighted by atomic mass is 10.1. The molecular formula is C19H16FN3O3S. The van der Waals surface area contributed by atoms with Crippen molar-refractivity contribution >= 4 is 23.6 Å². The van der Waals surface area contributed by atoms with Crippen molar-refractivity contribution in [1.82, 2.24) is 9.55 Å². The number of aromatic nitrogens is 2. The fourth-order valence-corrected chi connectivity index (χ4v) is 3.00. The van der Waals surface area contributed by atoms with Gasteiger partial charge in [0.05, 0.1) is 6.20 Å². The number of thioether (sulfide) groups is 1. The van der Waals surface area contributed by atoms with Crippen molar-refractivity contribution in [1.29, 1.82) is 0 Å². The number of benzene rings is 2. The van der Waals surface area contributed by atoms with Crippen LogP contribution in [0.3, 0.4) is 0 Å². The molecule has 2 aromatic carbocycles. The lowest BCUT2D eigenvalue weighted by Crippen LogP contribution is -2.12. The smallest absolute Gasteiger partial charge is 0.357 e. The standard InChI is InChI=1S/C19H16FN3O3S/c1-27-19-22-10-16(23(19)15-8-6-14(20)7-9-15)18(25)26-11-12-2-4-13(5-3-12)17(21)24/h2-10H,11H2,1H3,(H2,21,24). The van der Waals surface area contributed by atoms with Crippen molar-refractivity contribution in [2.75, 3.05) is 6.26 Å². The zero-order valence-corrected chi connectivity index (χ0v) is 15.2. The van der Waals surface area contributed by atoms with Crippen LogP contribution in [-0.4, -0.2) is 27.7 Å². The highest BCUT2D eigenvalue weighted by Crippen LogP contribution is 2.23. The van der Waals surface area contributed by atoms with E-state index in [0.717, 1.165) is 0 Å². The highest BCUT2D eigenvalue weighted by molar-refractivity contribution is 7.98. The SMILES string of the molecule is CSc1ncc(C(=O)OCc2ccc(C(N)=O)cc2)n1-c1ccc(F)cc1. The molecule has 0 saturated heterocycles. The number of carbonyl (C=O) groups is 2. The van der Waals surface area contributed by atoms with Gasteiger partial charge in [0.25, 0.3) is 0 Å². The van der Waals surface area contributed by atoms with Crippen LogP contribution in [0.5, 0.6) is 0 Å². The van der Waals surface area contributed by atoms with Crippen molar-refractivity contribution < 1.29 is 18.7 Å². The Bertz CT molecular complexity index is 969. The predicted octanol–water partition coefficient (Wildman–Crippen LogP) is 3.19. The molecule has 0 unspecified atom stereocenters. The largest absolute Gasteiger partial charge is 0.456 e. The van der Waals surface area contributed by atoms with Crippen LogP contribution < -0.4 is 5.73 Å². The summed E-state index contributed by atoms with van der Waals surface area (Å²) in [5.41, 5.74) is 7.14. The van der Waals surface area contributed by atoms with E-state index in [4.69, 9.17) is 10.5 Å². The van der Waals surface area contributed by atoms with Crippen LogP contribution in [0.4, 0.5) is 4.39 Å². The molecular weight excluding hydrogens is 369 g/mol. The van der Waals surface area contributed by atoms with Gasteiger partial charge in [0.15, 0.2) is 10.9 Å². The van der Waals surface area contributed by atoms with Gasteiger partial charge < -0.3 is 10.5 Å². The molecule has 0 spiro atoms. The van der Waals surface area contributed by atoms with Gasteiger partial charge in [-0.05, 0) is 48.2 Å². The van der Waals surface area contributed by atoms with E-state index in [0.29, 0.717) is 22.0 Å². The van der Waals surface area contributed by atoms with E-state index in [9.17, 15) is 14.0 Å². The number of primary amides is 1. The molecule has 3 rings (SSSR count). The van der Waals surface area contributed by atoms with Gasteiger partial charge in [0, 0.05) is 11.3 Å². The van der Waals surface area contributed by atoms with Crippen LogP contribution in [0.25, 0.3) is 5.69 Å². The summed E-state index contributed by atoms with van der Waals surface area (Å²) in [5.74, 6) is -1.45. The molecule has 6 nitrogen and oxygen atoms in total. The minimum atomic E-state index is -0.564. The highest BCUT2D eigenvalue weighted by atomic mass is 32.2. The monoisotopic (exact) mass is 385 g/mol. The number of rotatable bonds is 6. The van der Waals surface area contributed by atoms with Crippen molar-refractivity contribution in [3.05, 3.63) is 77.4 Å². The van der Waals surface area contributed by atoms with E-state index in [-0.39, 0.29) is 18.1 Å². The highest BCUT2D eigenvalue weighted by Gasteiger charge is 2.19. The van der Waals surface area contributed by atoms with E-state index >= 15 is 0 Å². The third-order valence-electron chi connectivity index (χ3n) is 3.81. The maximum absolute atomic E-state index is 13.2. The summed E-state index contributed by atoms with van der Waals surface area (Å²) in [6.07, 6.45) is 3.26. The Morgan fingerprint density at radius 3 is 2.41 bits per heavy atom. The first-order valence-electron chi connectivity index (χ1n) is 7.93. The number of ether oxygens (including phenoxy) is 1. The van der Waals surface area contributed by atoms with E-state index < -0.39 is 11.9 Å². The third kappa shape index (κ3) is 4.17. The summed E-state index contributed by atoms with van der Waals surface area (Å²) in [4.78, 5) is 27.9. The molecule has 0 atom stereocenters. The summed E-state index contributed by atoms with van der Waals surface area (Å²) < 4.78 is 20.2. The average Bonchev–Trinajstić information content (AvgIpc) is 3.11. The van der Waals surface area contributed by atoms with Crippen LogP contribution in [0, 0.1) is 5.82 Å². The second kappa shape index (κ2) is 8.05. The second-order valence-electron chi connectivity index (χ2n) is 5.58. The lowest BCUT2D eigenvalue weighted by Gasteiger charge is -2.11. The minimum Gasteiger partial charge on any atom is -0.456 e. The van der Waals surface area contributed by atoms with E-state index in [1.165, 1.54) is 30.1 Å². The first kappa shape index (κ1) is 18.7. The molecule has 0 fully saturated rings. The number of esters is 1. The van der Waals surface area contributed by atoms with Crippen molar-refractivity contribution in [3.63, 3.8) is 0 Å². The first-order chi connectivity index (χ1) is 13.0. The lowest BCUT2D eigenvalue weighted by molar-refractivity contribution is 0.0462. The fourth-order valence-electron chi connectivity index (χ4n) is 2.45. The summed E-state index contributed by atoms with van der Waals surface area (Å²) in [6, 6.07) is 12.2. The van der Waals surface area contributed by atoms with Crippen molar-refractivity contribution in [2.45, 2.75) is 11.8 Å². The molecule has 1 amide bonds. The molecule has 0 bridgehead atoms. The van der Waals surface area contributed by atoms with E-state index in [1.54, 1.807) is 41.0 Å². The number of imidazole rings is 1. The zero-order valence-electron chi connectivity index (χ0n) is 14.4. The molecule has 138 valence electrons. The number of amides is 1. The Morgan fingerprint density at radius 2 is 1.81 bits per heavy atom. The quantitative estimate of drug-likeness (QED) is 0.520. The van der Waals surface area contributed by atoms with Gasteiger partial charge in [-0.1, -0.05) is 23.9 Å². The van der Waals surface area contributed by atoms with Gasteiger partial charge in [0.1, 0.15) is 12.4 Å². The fraction of sp³-hybridized carbons (Fsp3) is 0.105. The van der Waals surface area contributed by atoms with Crippen molar-refractivity contribution in [2.24, 2.45) is 5.73 Å². The third-order valence-corrected chi connectivity index (χ3v) is 4.47. The maximum Gasteiger partial charge on any atom is 0.357 e. The molecule has 0 aliphatic rings. The molecule has 2 N–H and O–H groups in total. The molecule has 0 radical (unpaired) electrons. The van der Waals surface area contributed by atoms with Crippen molar-refractivity contribution in [3.8, 4) is 5.69 Å². The Morgan fingerprint density at radius 1 is 1.15 bits per heavy atom. The van der Waals surface area contributed by atoms with E-state index in [1.807, 2.05) is 6.26 Å². The van der Waals surface area contributed by atoms with Crippen LogP contribution in [0.1, 0.15) is 26.4 Å². The summed E-state index contributed by atoms with van der Waals surface area (Å²) in [5, 5.41) is 0.583. The Hall–Kier alpha value is -3.13. The molecule has 3 aromatic rings. The van der Waals surface area contributed by atoms with E-state index in [2.05, 4.69) is 4.98 Å². The molecule has 0 aliphatic heterocycles. The topological polar surface area (TPSA) is 87.2 Å². The normalized spacial score (nSPS) is 10.6. The van der Waals surface area contributed by atoms with Gasteiger partial charge in [-0.3, -0.25) is 9.36 Å². The van der Waals surface area contributed by atoms with Crippen LogP contribution in [0.15, 0.2) is 59.9 Å². The van der Waals surface area contributed by atoms with Crippen LogP contribution in [-0.2, 0) is 11.3 Å². The molecule has 0 saturated carbocycles. The summed E-state index contributed by atoms with van der Waals surface area (Å²) >= 11 is 1.36. The molecule has 0 aliphatic carbocycles. The number of halogens is 1. The maximum atomic E-state index is 13.2. The molecule has 1 heterocycles. The predicted molar refractivity (Wildman–Crippen MR) is 99.4 cm³/mol. The number of hydrogen-bond donors (Lipinski definition) is 1. The molecule has 8 heteroatoms.